The van der Waals surface area contributed by atoms with Crippen LogP contribution in [0.25, 0.3) is 0 Å². The number of aromatic nitrogens is 2. The number of nitrogens with one attached hydrogen (secondary N) is 1. The summed E-state index contributed by atoms with van der Waals surface area (Å²) >= 11 is 3.00. The van der Waals surface area contributed by atoms with Gasteiger partial charge in [0.05, 0.1) is 12.3 Å². The third-order valence-corrected chi connectivity index (χ3v) is 6.49. The first kappa shape index (κ1) is 24.2. The van der Waals surface area contributed by atoms with Crippen LogP contribution in [0.2, 0.25) is 0 Å². The maximum absolute atomic E-state index is 12.7. The van der Waals surface area contributed by atoms with Crippen LogP contribution >= 0.6 is 23.1 Å². The van der Waals surface area contributed by atoms with Crippen molar-refractivity contribution in [3.8, 4) is 5.75 Å². The van der Waals surface area contributed by atoms with E-state index in [1.54, 1.807) is 11.8 Å². The van der Waals surface area contributed by atoms with Gasteiger partial charge in [-0.1, -0.05) is 17.9 Å². The average Bonchev–Trinajstić information content (AvgIpc) is 3.23. The number of rotatable bonds is 9. The van der Waals surface area contributed by atoms with Crippen molar-refractivity contribution in [2.45, 2.75) is 13.8 Å². The van der Waals surface area contributed by atoms with Crippen molar-refractivity contribution in [2.24, 2.45) is 4.99 Å². The molecule has 2 aromatic rings. The molecule has 1 aliphatic rings. The molecule has 1 amide bonds. The molecule has 3 rings (SSSR count). The quantitative estimate of drug-likeness (QED) is 0.441. The van der Waals surface area contributed by atoms with Crippen molar-refractivity contribution >= 4 is 45.0 Å². The molecule has 0 spiro atoms. The summed E-state index contributed by atoms with van der Waals surface area (Å²) in [6.45, 7) is 12.2. The number of amides is 1. The van der Waals surface area contributed by atoms with Crippen LogP contribution in [0.3, 0.4) is 0 Å². The molecule has 172 valence electrons. The van der Waals surface area contributed by atoms with Gasteiger partial charge < -0.3 is 14.5 Å². The number of benzene rings is 1. The Hall–Kier alpha value is -2.43. The first-order valence-electron chi connectivity index (χ1n) is 10.5. The van der Waals surface area contributed by atoms with Crippen molar-refractivity contribution in [3.05, 3.63) is 41.6 Å². The molecule has 10 heteroatoms. The number of aliphatic imine (C=N–C) groups is 1. The summed E-state index contributed by atoms with van der Waals surface area (Å²) in [5.41, 5.74) is 2.90. The number of piperazine rings is 1. The zero-order chi connectivity index (χ0) is 23.1. The summed E-state index contributed by atoms with van der Waals surface area (Å²) in [5, 5.41) is 12.4. The van der Waals surface area contributed by atoms with Gasteiger partial charge in [0.1, 0.15) is 11.4 Å². The van der Waals surface area contributed by atoms with Gasteiger partial charge in [0, 0.05) is 31.9 Å². The zero-order valence-corrected chi connectivity index (χ0v) is 20.7. The highest BCUT2D eigenvalue weighted by atomic mass is 32.2. The fraction of sp³-hybridized carbons (Fsp3) is 0.455. The fourth-order valence-electron chi connectivity index (χ4n) is 3.24. The van der Waals surface area contributed by atoms with Crippen LogP contribution in [0, 0.1) is 6.92 Å². The Labute approximate surface area is 197 Å². The molecule has 1 aliphatic heterocycles. The van der Waals surface area contributed by atoms with Crippen LogP contribution in [-0.4, -0.2) is 78.6 Å². The largest absolute Gasteiger partial charge is 0.494 e. The Bertz CT molecular complexity index is 983. The molecule has 32 heavy (non-hydrogen) atoms. The molecule has 0 saturated carbocycles. The van der Waals surface area contributed by atoms with Gasteiger partial charge in [-0.05, 0) is 56.5 Å². The topological polar surface area (TPSA) is 82.9 Å². The molecule has 2 heterocycles. The highest BCUT2D eigenvalue weighted by molar-refractivity contribution is 7.99. The van der Waals surface area contributed by atoms with E-state index < -0.39 is 0 Å². The molecule has 1 aromatic carbocycles. The van der Waals surface area contributed by atoms with Gasteiger partial charge in [-0.25, -0.2) is 4.99 Å². The Morgan fingerprint density at radius 2 is 2.06 bits per heavy atom. The number of hydrogen-bond donors (Lipinski definition) is 1. The van der Waals surface area contributed by atoms with Gasteiger partial charge in [0.25, 0.3) is 5.91 Å². The second-order valence-corrected chi connectivity index (χ2v) is 9.31. The van der Waals surface area contributed by atoms with Gasteiger partial charge in [-0.3, -0.25) is 10.1 Å². The van der Waals surface area contributed by atoms with E-state index in [2.05, 4.69) is 43.9 Å². The minimum absolute atomic E-state index is 0.136. The number of hydrogen-bond acceptors (Lipinski definition) is 9. The summed E-state index contributed by atoms with van der Waals surface area (Å²) in [5.74, 6) is 1.13. The number of aryl methyl sites for hydroxylation is 1. The lowest BCUT2D eigenvalue weighted by Crippen LogP contribution is -2.44. The molecule has 0 unspecified atom stereocenters. The van der Waals surface area contributed by atoms with Gasteiger partial charge in [0.2, 0.25) is 10.3 Å². The third-order valence-electron chi connectivity index (χ3n) is 5.03. The maximum atomic E-state index is 12.7. The predicted octanol–water partition coefficient (Wildman–Crippen LogP) is 3.30. The first-order chi connectivity index (χ1) is 15.4. The van der Waals surface area contributed by atoms with E-state index in [0.717, 1.165) is 53.9 Å². The van der Waals surface area contributed by atoms with Crippen molar-refractivity contribution in [1.29, 1.82) is 0 Å². The number of carbonyl (C=O) groups excluding carboxylic acids is 1. The molecule has 1 saturated heterocycles. The van der Waals surface area contributed by atoms with E-state index in [1.807, 2.05) is 38.3 Å². The maximum Gasteiger partial charge on any atom is 0.275 e. The Morgan fingerprint density at radius 3 is 2.72 bits per heavy atom. The standard InChI is InChI=1S/C22H30N6O2S2/c1-6-30-19-8-7-17(13-15(19)2)18(14-31-5)23-16(3)20(29)24-21-25-26-22(32-21)28-11-9-27(4)10-12-28/h7-8,13H,3,6,9-12,14H2,1-2,4-5H3,(H,24,25,29). The van der Waals surface area contributed by atoms with Gasteiger partial charge in [-0.15, -0.1) is 10.2 Å². The molecule has 1 N–H and O–H groups in total. The van der Waals surface area contributed by atoms with E-state index in [1.165, 1.54) is 11.3 Å². The second-order valence-electron chi connectivity index (χ2n) is 7.49. The minimum atomic E-state index is -0.382. The van der Waals surface area contributed by atoms with Crippen molar-refractivity contribution in [3.63, 3.8) is 0 Å². The SMILES string of the molecule is C=C(N=C(CSC)c1ccc(OCC)c(C)c1)C(=O)Nc1nnc(N2CCN(C)CC2)s1. The second kappa shape index (κ2) is 11.4. The van der Waals surface area contributed by atoms with Gasteiger partial charge >= 0.3 is 0 Å². The van der Waals surface area contributed by atoms with Crippen LogP contribution in [-0.2, 0) is 4.79 Å². The Balaban J connectivity index is 1.68. The number of thioether (sulfide) groups is 1. The van der Waals surface area contributed by atoms with Crippen LogP contribution < -0.4 is 15.0 Å². The highest BCUT2D eigenvalue weighted by Gasteiger charge is 2.19. The van der Waals surface area contributed by atoms with E-state index in [9.17, 15) is 4.79 Å². The zero-order valence-electron chi connectivity index (χ0n) is 19.1. The lowest BCUT2D eigenvalue weighted by molar-refractivity contribution is -0.112. The summed E-state index contributed by atoms with van der Waals surface area (Å²) in [7, 11) is 2.11. The summed E-state index contributed by atoms with van der Waals surface area (Å²) < 4.78 is 5.62. The molecule has 0 radical (unpaired) electrons. The van der Waals surface area contributed by atoms with Crippen LogP contribution in [0.15, 0.2) is 35.5 Å². The minimum Gasteiger partial charge on any atom is -0.494 e. The molecular weight excluding hydrogens is 444 g/mol. The fourth-order valence-corrected chi connectivity index (χ4v) is 4.53. The molecular formula is C22H30N6O2S2. The van der Waals surface area contributed by atoms with Crippen LogP contribution in [0.5, 0.6) is 5.75 Å². The van der Waals surface area contributed by atoms with Crippen molar-refractivity contribution < 1.29 is 9.53 Å². The molecule has 0 bridgehead atoms. The monoisotopic (exact) mass is 474 g/mol. The lowest BCUT2D eigenvalue weighted by Gasteiger charge is -2.31. The summed E-state index contributed by atoms with van der Waals surface area (Å²) in [6, 6.07) is 5.93. The van der Waals surface area contributed by atoms with E-state index >= 15 is 0 Å². The molecule has 1 aromatic heterocycles. The van der Waals surface area contributed by atoms with E-state index in [0.29, 0.717) is 17.5 Å². The number of anilines is 2. The first-order valence-corrected chi connectivity index (χ1v) is 12.7. The smallest absolute Gasteiger partial charge is 0.275 e. The van der Waals surface area contributed by atoms with Crippen molar-refractivity contribution in [2.75, 3.05) is 62.1 Å². The van der Waals surface area contributed by atoms with Crippen molar-refractivity contribution in [1.82, 2.24) is 15.1 Å². The Kier molecular flexibility index (Phi) is 8.66. The number of likely N-dealkylation sites (N-methyl/N-ethyl adjacent to an activating group) is 1. The molecule has 0 atom stereocenters. The van der Waals surface area contributed by atoms with Gasteiger partial charge in [0.15, 0.2) is 0 Å². The highest BCUT2D eigenvalue weighted by Crippen LogP contribution is 2.25. The van der Waals surface area contributed by atoms with Crippen LogP contribution in [0.4, 0.5) is 10.3 Å². The molecule has 1 fully saturated rings. The van der Waals surface area contributed by atoms with E-state index in [4.69, 9.17) is 4.74 Å². The summed E-state index contributed by atoms with van der Waals surface area (Å²) in [4.78, 5) is 21.7. The molecule has 8 nitrogen and oxygen atoms in total. The predicted molar refractivity (Wildman–Crippen MR) is 135 cm³/mol. The van der Waals surface area contributed by atoms with Gasteiger partial charge in [-0.2, -0.15) is 11.8 Å². The number of carbonyl (C=O) groups is 1. The number of ether oxygens (including phenoxy) is 1. The normalized spacial score (nSPS) is 15.0. The van der Waals surface area contributed by atoms with Crippen LogP contribution in [0.1, 0.15) is 18.1 Å². The third kappa shape index (κ3) is 6.30. The Morgan fingerprint density at radius 1 is 1.31 bits per heavy atom. The lowest BCUT2D eigenvalue weighted by atomic mass is 10.1. The number of nitrogens with zero attached hydrogens (tertiary/aromatic N) is 5. The van der Waals surface area contributed by atoms with E-state index in [-0.39, 0.29) is 11.6 Å². The summed E-state index contributed by atoms with van der Waals surface area (Å²) in [6.07, 6.45) is 2.00. The molecule has 0 aliphatic carbocycles. The average molecular weight is 475 g/mol.